The van der Waals surface area contributed by atoms with Gasteiger partial charge in [0.2, 0.25) is 0 Å². The van der Waals surface area contributed by atoms with Crippen LogP contribution < -0.4 is 5.73 Å². The molecule has 0 fully saturated rings. The van der Waals surface area contributed by atoms with E-state index < -0.39 is 0 Å². The van der Waals surface area contributed by atoms with Crippen molar-refractivity contribution in [3.05, 3.63) is 51.5 Å². The highest BCUT2D eigenvalue weighted by atomic mass is 35.5. The summed E-state index contributed by atoms with van der Waals surface area (Å²) < 4.78 is 0. The lowest BCUT2D eigenvalue weighted by Crippen LogP contribution is -1.89. The van der Waals surface area contributed by atoms with Crippen LogP contribution in [0.15, 0.2) is 30.3 Å². The molecule has 0 saturated carbocycles. The van der Waals surface area contributed by atoms with E-state index in [-0.39, 0.29) is 0 Å². The van der Waals surface area contributed by atoms with Gasteiger partial charge in [-0.25, -0.2) is 0 Å². The molecular weight excluding hydrogens is 253 g/mol. The van der Waals surface area contributed by atoms with Crippen molar-refractivity contribution in [1.82, 2.24) is 0 Å². The van der Waals surface area contributed by atoms with Gasteiger partial charge in [-0.3, -0.25) is 0 Å². The molecule has 0 bridgehead atoms. The molecule has 0 saturated heterocycles. The zero-order chi connectivity index (χ0) is 12.6. The molecule has 2 aromatic rings. The molecule has 0 heterocycles. The van der Waals surface area contributed by atoms with Crippen LogP contribution in [0.2, 0.25) is 10.0 Å². The van der Waals surface area contributed by atoms with E-state index in [1.165, 1.54) is 11.1 Å². The van der Waals surface area contributed by atoms with E-state index in [1.807, 2.05) is 25.1 Å². The molecule has 2 rings (SSSR count). The van der Waals surface area contributed by atoms with Gasteiger partial charge < -0.3 is 5.73 Å². The molecule has 0 radical (unpaired) electrons. The van der Waals surface area contributed by atoms with Crippen LogP contribution in [0.25, 0.3) is 11.1 Å². The Morgan fingerprint density at radius 2 is 1.41 bits per heavy atom. The van der Waals surface area contributed by atoms with Crippen LogP contribution in [0, 0.1) is 13.8 Å². The van der Waals surface area contributed by atoms with Crippen LogP contribution in [0.5, 0.6) is 0 Å². The molecule has 0 spiro atoms. The lowest BCUT2D eigenvalue weighted by atomic mass is 10.00. The molecule has 0 aliphatic carbocycles. The average Bonchev–Trinajstić information content (AvgIpc) is 2.24. The summed E-state index contributed by atoms with van der Waals surface area (Å²) in [5.41, 5.74) is 10.6. The second-order valence-electron chi connectivity index (χ2n) is 4.16. The molecule has 1 nitrogen and oxygen atoms in total. The molecule has 88 valence electrons. The maximum absolute atomic E-state index is 6.26. The van der Waals surface area contributed by atoms with Crippen LogP contribution >= 0.6 is 23.2 Å². The SMILES string of the molecule is Cc1cc(Cl)c(-c2ccc(N)cc2Cl)cc1C. The first-order chi connectivity index (χ1) is 7.99. The summed E-state index contributed by atoms with van der Waals surface area (Å²) >= 11 is 12.4. The zero-order valence-electron chi connectivity index (χ0n) is 9.72. The van der Waals surface area contributed by atoms with E-state index >= 15 is 0 Å². The highest BCUT2D eigenvalue weighted by Gasteiger charge is 2.09. The maximum Gasteiger partial charge on any atom is 0.0505 e. The molecule has 2 aromatic carbocycles. The number of anilines is 1. The molecule has 0 aromatic heterocycles. The second-order valence-corrected chi connectivity index (χ2v) is 4.97. The standard InChI is InChI=1S/C14H13Cl2N/c1-8-5-12(13(15)6-9(8)2)11-4-3-10(17)7-14(11)16/h3-7H,17H2,1-2H3. The van der Waals surface area contributed by atoms with Crippen LogP contribution in [-0.2, 0) is 0 Å². The number of rotatable bonds is 1. The summed E-state index contributed by atoms with van der Waals surface area (Å²) in [4.78, 5) is 0. The van der Waals surface area contributed by atoms with Gasteiger partial charge in [0.05, 0.1) is 5.02 Å². The number of aryl methyl sites for hydroxylation is 2. The summed E-state index contributed by atoms with van der Waals surface area (Å²) in [5.74, 6) is 0. The number of hydrogen-bond donors (Lipinski definition) is 1. The third-order valence-electron chi connectivity index (χ3n) is 2.87. The number of nitrogen functional groups attached to an aromatic ring is 1. The summed E-state index contributed by atoms with van der Waals surface area (Å²) in [5, 5.41) is 1.33. The fraction of sp³-hybridized carbons (Fsp3) is 0.143. The monoisotopic (exact) mass is 265 g/mol. The Balaban J connectivity index is 2.64. The molecule has 17 heavy (non-hydrogen) atoms. The minimum Gasteiger partial charge on any atom is -0.399 e. The first kappa shape index (κ1) is 12.3. The maximum atomic E-state index is 6.26. The fourth-order valence-corrected chi connectivity index (χ4v) is 2.35. The normalized spacial score (nSPS) is 10.6. The Labute approximate surface area is 111 Å². The number of hydrogen-bond acceptors (Lipinski definition) is 1. The highest BCUT2D eigenvalue weighted by molar-refractivity contribution is 6.36. The van der Waals surface area contributed by atoms with E-state index in [0.717, 1.165) is 11.1 Å². The van der Waals surface area contributed by atoms with Gasteiger partial charge in [0.15, 0.2) is 0 Å². The van der Waals surface area contributed by atoms with Crippen molar-refractivity contribution >= 4 is 28.9 Å². The first-order valence-corrected chi connectivity index (χ1v) is 6.07. The van der Waals surface area contributed by atoms with E-state index in [2.05, 4.69) is 13.0 Å². The topological polar surface area (TPSA) is 26.0 Å². The van der Waals surface area contributed by atoms with Crippen molar-refractivity contribution in [1.29, 1.82) is 0 Å². The van der Waals surface area contributed by atoms with Gasteiger partial charge in [0.25, 0.3) is 0 Å². The van der Waals surface area contributed by atoms with Crippen LogP contribution in [0.3, 0.4) is 0 Å². The van der Waals surface area contributed by atoms with Crippen LogP contribution in [0.1, 0.15) is 11.1 Å². The molecule has 0 aliphatic heterocycles. The molecule has 0 amide bonds. The smallest absolute Gasteiger partial charge is 0.0505 e. The largest absolute Gasteiger partial charge is 0.399 e. The van der Waals surface area contributed by atoms with Crippen molar-refractivity contribution in [3.63, 3.8) is 0 Å². The van der Waals surface area contributed by atoms with Crippen molar-refractivity contribution in [2.75, 3.05) is 5.73 Å². The number of nitrogens with two attached hydrogens (primary N) is 1. The quantitative estimate of drug-likeness (QED) is 0.733. The van der Waals surface area contributed by atoms with Crippen LogP contribution in [-0.4, -0.2) is 0 Å². The third kappa shape index (κ3) is 2.41. The van der Waals surface area contributed by atoms with Gasteiger partial charge >= 0.3 is 0 Å². The van der Waals surface area contributed by atoms with Gasteiger partial charge in [-0.2, -0.15) is 0 Å². The molecule has 0 aliphatic rings. The van der Waals surface area contributed by atoms with Crippen molar-refractivity contribution in [2.45, 2.75) is 13.8 Å². The van der Waals surface area contributed by atoms with Crippen molar-refractivity contribution < 1.29 is 0 Å². The predicted molar refractivity (Wildman–Crippen MR) is 75.8 cm³/mol. The van der Waals surface area contributed by atoms with Crippen molar-refractivity contribution in [3.8, 4) is 11.1 Å². The summed E-state index contributed by atoms with van der Waals surface area (Å²) in [6.45, 7) is 4.09. The Morgan fingerprint density at radius 3 is 2.06 bits per heavy atom. The van der Waals surface area contributed by atoms with E-state index in [4.69, 9.17) is 28.9 Å². The summed E-state index contributed by atoms with van der Waals surface area (Å²) in [6.07, 6.45) is 0. The Hall–Kier alpha value is -1.18. The highest BCUT2D eigenvalue weighted by Crippen LogP contribution is 2.35. The van der Waals surface area contributed by atoms with Gasteiger partial charge in [-0.15, -0.1) is 0 Å². The van der Waals surface area contributed by atoms with E-state index in [0.29, 0.717) is 15.7 Å². The molecule has 0 atom stereocenters. The number of halogens is 2. The Kier molecular flexibility index (Phi) is 3.32. The van der Waals surface area contributed by atoms with Gasteiger partial charge in [0, 0.05) is 21.8 Å². The fourth-order valence-electron chi connectivity index (χ4n) is 1.74. The molecule has 0 unspecified atom stereocenters. The zero-order valence-corrected chi connectivity index (χ0v) is 11.2. The lowest BCUT2D eigenvalue weighted by molar-refractivity contribution is 1.34. The minimum atomic E-state index is 0.621. The Bertz CT molecular complexity index is 577. The summed E-state index contributed by atoms with van der Waals surface area (Å²) in [7, 11) is 0. The van der Waals surface area contributed by atoms with Gasteiger partial charge in [0.1, 0.15) is 0 Å². The first-order valence-electron chi connectivity index (χ1n) is 5.31. The van der Waals surface area contributed by atoms with Gasteiger partial charge in [-0.1, -0.05) is 29.3 Å². The number of benzene rings is 2. The van der Waals surface area contributed by atoms with Crippen LogP contribution in [0.4, 0.5) is 5.69 Å². The Morgan fingerprint density at radius 1 is 0.824 bits per heavy atom. The van der Waals surface area contributed by atoms with E-state index in [9.17, 15) is 0 Å². The molecule has 2 N–H and O–H groups in total. The summed E-state index contributed by atoms with van der Waals surface area (Å²) in [6, 6.07) is 9.47. The second kappa shape index (κ2) is 4.59. The average molecular weight is 266 g/mol. The lowest BCUT2D eigenvalue weighted by Gasteiger charge is -2.10. The van der Waals surface area contributed by atoms with Gasteiger partial charge in [-0.05, 0) is 49.2 Å². The van der Waals surface area contributed by atoms with E-state index in [1.54, 1.807) is 6.07 Å². The third-order valence-corrected chi connectivity index (χ3v) is 3.49. The van der Waals surface area contributed by atoms with Crippen molar-refractivity contribution in [2.24, 2.45) is 0 Å². The predicted octanol–water partition coefficient (Wildman–Crippen LogP) is 4.86. The molecule has 3 heteroatoms. The minimum absolute atomic E-state index is 0.621. The molecular formula is C14H13Cl2N.